The van der Waals surface area contributed by atoms with Crippen molar-refractivity contribution >= 4 is 41.2 Å². The van der Waals surface area contributed by atoms with Crippen molar-refractivity contribution in [1.29, 1.82) is 0 Å². The molecule has 0 fully saturated rings. The van der Waals surface area contributed by atoms with Gasteiger partial charge >= 0.3 is 0 Å². The van der Waals surface area contributed by atoms with E-state index in [4.69, 9.17) is 0 Å². The molecule has 96 valence electrons. The summed E-state index contributed by atoms with van der Waals surface area (Å²) in [6.07, 6.45) is 7.28. The first kappa shape index (κ1) is 15.0. The van der Waals surface area contributed by atoms with E-state index >= 15 is 0 Å². The van der Waals surface area contributed by atoms with Gasteiger partial charge in [0.05, 0.1) is 0 Å². The lowest BCUT2D eigenvalue weighted by Crippen LogP contribution is -2.20. The minimum Gasteiger partial charge on any atom is -0.313 e. The summed E-state index contributed by atoms with van der Waals surface area (Å²) in [5.74, 6) is 0. The van der Waals surface area contributed by atoms with Crippen LogP contribution in [0.1, 0.15) is 12.0 Å². The summed E-state index contributed by atoms with van der Waals surface area (Å²) in [5.41, 5.74) is 2.71. The average Bonchev–Trinajstić information content (AvgIpc) is 2.39. The van der Waals surface area contributed by atoms with Crippen molar-refractivity contribution in [2.75, 3.05) is 13.1 Å². The molecule has 0 amide bonds. The van der Waals surface area contributed by atoms with Crippen molar-refractivity contribution in [3.05, 3.63) is 48.3 Å². The normalized spacial score (nSPS) is 14.3. The molecular weight excluding hydrogens is 267 g/mol. The zero-order chi connectivity index (χ0) is 10.8. The predicted molar refractivity (Wildman–Crippen MR) is 81.7 cm³/mol. The summed E-state index contributed by atoms with van der Waals surface area (Å²) in [5, 5.41) is 5.87. The van der Waals surface area contributed by atoms with E-state index in [1.807, 2.05) is 12.4 Å². The molecule has 0 saturated heterocycles. The lowest BCUT2D eigenvalue weighted by molar-refractivity contribution is 0.739. The Labute approximate surface area is 119 Å². The fourth-order valence-electron chi connectivity index (χ4n) is 2.24. The van der Waals surface area contributed by atoms with E-state index in [0.29, 0.717) is 0 Å². The van der Waals surface area contributed by atoms with Crippen LogP contribution < -0.4 is 5.32 Å². The van der Waals surface area contributed by atoms with Crippen molar-refractivity contribution in [2.45, 2.75) is 6.42 Å². The Hall–Kier alpha value is -1.09. The molecule has 1 aromatic carbocycles. The predicted octanol–water partition coefficient (Wildman–Crippen LogP) is 3.46. The molecule has 1 N–H and O–H groups in total. The standard InChI is InChI=1S/C14H14N2.2ClH/c1-2-4-13-12(3-1)9-16-10-14(13)11-5-7-15-8-6-11;;/h1-5,9-10,15H,6-8H2;2*1H. The maximum Gasteiger partial charge on any atom is 0.0349 e. The van der Waals surface area contributed by atoms with Crippen LogP contribution in [-0.2, 0) is 0 Å². The molecule has 0 aliphatic carbocycles. The van der Waals surface area contributed by atoms with E-state index in [-0.39, 0.29) is 24.8 Å². The second-order valence-electron chi connectivity index (χ2n) is 4.09. The van der Waals surface area contributed by atoms with Gasteiger partial charge in [-0.3, -0.25) is 4.98 Å². The monoisotopic (exact) mass is 282 g/mol. The molecule has 1 aliphatic heterocycles. The Balaban J connectivity index is 0.000000810. The van der Waals surface area contributed by atoms with Gasteiger partial charge in [-0.2, -0.15) is 0 Å². The maximum atomic E-state index is 4.33. The molecule has 0 atom stereocenters. The molecule has 2 heterocycles. The minimum absolute atomic E-state index is 0. The third-order valence-electron chi connectivity index (χ3n) is 3.08. The van der Waals surface area contributed by atoms with Crippen LogP contribution in [0.15, 0.2) is 42.7 Å². The first-order chi connectivity index (χ1) is 7.95. The Morgan fingerprint density at radius 3 is 2.67 bits per heavy atom. The number of halogens is 2. The Morgan fingerprint density at radius 1 is 1.06 bits per heavy atom. The third kappa shape index (κ3) is 2.83. The molecular formula is C14H16Cl2N2. The van der Waals surface area contributed by atoms with Crippen LogP contribution in [0.2, 0.25) is 0 Å². The van der Waals surface area contributed by atoms with E-state index in [9.17, 15) is 0 Å². The third-order valence-corrected chi connectivity index (χ3v) is 3.08. The highest BCUT2D eigenvalue weighted by atomic mass is 35.5. The largest absolute Gasteiger partial charge is 0.313 e. The molecule has 0 bridgehead atoms. The highest BCUT2D eigenvalue weighted by Crippen LogP contribution is 2.26. The Morgan fingerprint density at radius 2 is 1.89 bits per heavy atom. The Kier molecular flexibility index (Phi) is 5.60. The van der Waals surface area contributed by atoms with Crippen molar-refractivity contribution < 1.29 is 0 Å². The summed E-state index contributed by atoms with van der Waals surface area (Å²) in [6, 6.07) is 8.45. The van der Waals surface area contributed by atoms with Crippen molar-refractivity contribution in [1.82, 2.24) is 10.3 Å². The van der Waals surface area contributed by atoms with Crippen LogP contribution in [0.3, 0.4) is 0 Å². The van der Waals surface area contributed by atoms with Gasteiger partial charge in [-0.05, 0) is 23.9 Å². The van der Waals surface area contributed by atoms with Crippen LogP contribution in [0.5, 0.6) is 0 Å². The van der Waals surface area contributed by atoms with Gasteiger partial charge < -0.3 is 5.32 Å². The fourth-order valence-corrected chi connectivity index (χ4v) is 2.24. The molecule has 3 rings (SSSR count). The molecule has 0 spiro atoms. The van der Waals surface area contributed by atoms with Crippen LogP contribution >= 0.6 is 24.8 Å². The van der Waals surface area contributed by atoms with Gasteiger partial charge in [0.1, 0.15) is 0 Å². The van der Waals surface area contributed by atoms with Gasteiger partial charge in [0, 0.05) is 29.9 Å². The summed E-state index contributed by atoms with van der Waals surface area (Å²) >= 11 is 0. The van der Waals surface area contributed by atoms with Gasteiger partial charge in [-0.1, -0.05) is 30.3 Å². The molecule has 2 nitrogen and oxygen atoms in total. The van der Waals surface area contributed by atoms with E-state index in [0.717, 1.165) is 19.5 Å². The number of nitrogens with one attached hydrogen (secondary N) is 1. The van der Waals surface area contributed by atoms with Gasteiger partial charge in [0.25, 0.3) is 0 Å². The molecule has 2 aromatic rings. The second-order valence-corrected chi connectivity index (χ2v) is 4.09. The molecule has 4 heteroatoms. The van der Waals surface area contributed by atoms with E-state index < -0.39 is 0 Å². The number of rotatable bonds is 1. The molecule has 0 unspecified atom stereocenters. The minimum atomic E-state index is 0. The zero-order valence-electron chi connectivity index (χ0n) is 9.93. The number of aromatic nitrogens is 1. The van der Waals surface area contributed by atoms with Gasteiger partial charge in [0.15, 0.2) is 0 Å². The summed E-state index contributed by atoms with van der Waals surface area (Å²) in [4.78, 5) is 4.33. The average molecular weight is 283 g/mol. The first-order valence-corrected chi connectivity index (χ1v) is 5.68. The number of pyridine rings is 1. The maximum absolute atomic E-state index is 4.33. The first-order valence-electron chi connectivity index (χ1n) is 5.68. The van der Waals surface area contributed by atoms with Crippen LogP contribution in [0, 0.1) is 0 Å². The van der Waals surface area contributed by atoms with Crippen LogP contribution in [0.4, 0.5) is 0 Å². The topological polar surface area (TPSA) is 24.9 Å². The van der Waals surface area contributed by atoms with Crippen molar-refractivity contribution in [3.63, 3.8) is 0 Å². The smallest absolute Gasteiger partial charge is 0.0349 e. The molecule has 18 heavy (non-hydrogen) atoms. The number of fused-ring (bicyclic) bond motifs is 1. The molecule has 0 radical (unpaired) electrons. The number of hydrogen-bond donors (Lipinski definition) is 1. The quantitative estimate of drug-likeness (QED) is 0.867. The van der Waals surface area contributed by atoms with E-state index in [2.05, 4.69) is 40.6 Å². The van der Waals surface area contributed by atoms with E-state index in [1.54, 1.807) is 0 Å². The molecule has 1 aromatic heterocycles. The highest BCUT2D eigenvalue weighted by molar-refractivity contribution is 5.93. The van der Waals surface area contributed by atoms with Gasteiger partial charge in [-0.25, -0.2) is 0 Å². The number of nitrogens with zero attached hydrogens (tertiary/aromatic N) is 1. The summed E-state index contributed by atoms with van der Waals surface area (Å²) < 4.78 is 0. The lowest BCUT2D eigenvalue weighted by atomic mass is 9.97. The van der Waals surface area contributed by atoms with Crippen LogP contribution in [0.25, 0.3) is 16.3 Å². The fraction of sp³-hybridized carbons (Fsp3) is 0.214. The van der Waals surface area contributed by atoms with Crippen molar-refractivity contribution in [2.24, 2.45) is 0 Å². The second kappa shape index (κ2) is 6.74. The van der Waals surface area contributed by atoms with Crippen LogP contribution in [-0.4, -0.2) is 18.1 Å². The van der Waals surface area contributed by atoms with Gasteiger partial charge in [-0.15, -0.1) is 24.8 Å². The number of benzene rings is 1. The Bertz CT molecular complexity index is 547. The van der Waals surface area contributed by atoms with Crippen molar-refractivity contribution in [3.8, 4) is 0 Å². The lowest BCUT2D eigenvalue weighted by Gasteiger charge is -2.15. The highest BCUT2D eigenvalue weighted by Gasteiger charge is 2.08. The SMILES string of the molecule is C1=C(c2cncc3ccccc23)CCNC1.Cl.Cl. The van der Waals surface area contributed by atoms with Gasteiger partial charge in [0.2, 0.25) is 0 Å². The molecule has 1 aliphatic rings. The summed E-state index contributed by atoms with van der Waals surface area (Å²) in [6.45, 7) is 2.04. The summed E-state index contributed by atoms with van der Waals surface area (Å²) in [7, 11) is 0. The molecule has 0 saturated carbocycles. The zero-order valence-corrected chi connectivity index (χ0v) is 11.6. The van der Waals surface area contributed by atoms with E-state index in [1.165, 1.54) is 21.9 Å². The number of hydrogen-bond acceptors (Lipinski definition) is 2.